The Morgan fingerprint density at radius 2 is 1.74 bits per heavy atom. The van der Waals surface area contributed by atoms with Gasteiger partial charge in [-0.3, -0.25) is 4.79 Å². The summed E-state index contributed by atoms with van der Waals surface area (Å²) >= 11 is 0. The summed E-state index contributed by atoms with van der Waals surface area (Å²) in [4.78, 5) is 14.9. The first kappa shape index (κ1) is 14.1. The van der Waals surface area contributed by atoms with E-state index in [0.29, 0.717) is 6.61 Å². The van der Waals surface area contributed by atoms with Crippen LogP contribution in [0, 0.1) is 5.92 Å². The van der Waals surface area contributed by atoms with Crippen molar-refractivity contribution in [3.8, 4) is 5.75 Å². The van der Waals surface area contributed by atoms with Gasteiger partial charge in [0, 0.05) is 12.6 Å². The standard InChI is InChI=1S/C20H19NO2/c1-13-16-12-23-17-11-7-6-10-15(17)19(16)21(2)20(22)18(13)14-8-4-3-5-9-14/h3-11,13,18H,12H2,1-2H3/t13-,18-/m1/s1. The van der Waals surface area contributed by atoms with Crippen LogP contribution in [-0.2, 0) is 4.79 Å². The Morgan fingerprint density at radius 1 is 1.04 bits per heavy atom. The van der Waals surface area contributed by atoms with Crippen molar-refractivity contribution in [1.29, 1.82) is 0 Å². The summed E-state index contributed by atoms with van der Waals surface area (Å²) in [5.41, 5.74) is 4.32. The molecule has 0 aromatic heterocycles. The average Bonchev–Trinajstić information content (AvgIpc) is 2.60. The Balaban J connectivity index is 1.86. The minimum Gasteiger partial charge on any atom is -0.488 e. The highest BCUT2D eigenvalue weighted by Gasteiger charge is 2.41. The van der Waals surface area contributed by atoms with Crippen LogP contribution in [0.25, 0.3) is 5.70 Å². The van der Waals surface area contributed by atoms with Crippen molar-refractivity contribution in [2.75, 3.05) is 13.7 Å². The lowest BCUT2D eigenvalue weighted by Crippen LogP contribution is -2.42. The van der Waals surface area contributed by atoms with Crippen molar-refractivity contribution in [1.82, 2.24) is 4.90 Å². The van der Waals surface area contributed by atoms with E-state index < -0.39 is 0 Å². The molecule has 1 amide bonds. The van der Waals surface area contributed by atoms with Gasteiger partial charge in [0.1, 0.15) is 12.4 Å². The van der Waals surface area contributed by atoms with Crippen molar-refractivity contribution in [2.24, 2.45) is 5.92 Å². The van der Waals surface area contributed by atoms with Crippen LogP contribution in [0.2, 0.25) is 0 Å². The van der Waals surface area contributed by atoms with Gasteiger partial charge in [0.25, 0.3) is 0 Å². The first-order chi connectivity index (χ1) is 11.2. The number of para-hydroxylation sites is 1. The molecule has 2 aliphatic rings. The van der Waals surface area contributed by atoms with E-state index in [4.69, 9.17) is 4.74 Å². The summed E-state index contributed by atoms with van der Waals surface area (Å²) in [6.07, 6.45) is 0. The van der Waals surface area contributed by atoms with Gasteiger partial charge in [0.05, 0.1) is 11.6 Å². The topological polar surface area (TPSA) is 29.5 Å². The molecule has 2 aromatic rings. The average molecular weight is 305 g/mol. The molecule has 0 saturated heterocycles. The summed E-state index contributed by atoms with van der Waals surface area (Å²) in [6.45, 7) is 2.68. The second-order valence-electron chi connectivity index (χ2n) is 6.23. The van der Waals surface area contributed by atoms with E-state index in [1.165, 1.54) is 5.57 Å². The van der Waals surface area contributed by atoms with Crippen LogP contribution < -0.4 is 4.74 Å². The number of ether oxygens (including phenoxy) is 1. The molecule has 2 heterocycles. The van der Waals surface area contributed by atoms with Gasteiger partial charge in [-0.25, -0.2) is 0 Å². The second-order valence-corrected chi connectivity index (χ2v) is 6.23. The number of carbonyl (C=O) groups excluding carboxylic acids is 1. The third-order valence-corrected chi connectivity index (χ3v) is 4.97. The molecule has 0 fully saturated rings. The molecule has 0 N–H and O–H groups in total. The molecule has 2 aliphatic heterocycles. The Kier molecular flexibility index (Phi) is 3.22. The Hall–Kier alpha value is -2.55. The van der Waals surface area contributed by atoms with Gasteiger partial charge in [-0.1, -0.05) is 49.4 Å². The van der Waals surface area contributed by atoms with Crippen molar-refractivity contribution >= 4 is 11.6 Å². The van der Waals surface area contributed by atoms with Crippen LogP contribution in [-0.4, -0.2) is 24.5 Å². The highest BCUT2D eigenvalue weighted by atomic mass is 16.5. The Labute approximate surface area is 136 Å². The van der Waals surface area contributed by atoms with Gasteiger partial charge in [-0.2, -0.15) is 0 Å². The molecule has 0 radical (unpaired) electrons. The molecule has 0 bridgehead atoms. The second kappa shape index (κ2) is 5.27. The van der Waals surface area contributed by atoms with Crippen LogP contribution in [0.4, 0.5) is 0 Å². The number of hydrogen-bond acceptors (Lipinski definition) is 2. The maximum atomic E-state index is 13.1. The third kappa shape index (κ3) is 2.07. The first-order valence-electron chi connectivity index (χ1n) is 7.96. The summed E-state index contributed by atoms with van der Waals surface area (Å²) in [5, 5.41) is 0. The summed E-state index contributed by atoms with van der Waals surface area (Å²) in [6, 6.07) is 18.0. The smallest absolute Gasteiger partial charge is 0.234 e. The number of amides is 1. The number of nitrogens with zero attached hydrogens (tertiary/aromatic N) is 1. The van der Waals surface area contributed by atoms with Gasteiger partial charge >= 0.3 is 0 Å². The Bertz CT molecular complexity index is 794. The highest BCUT2D eigenvalue weighted by molar-refractivity contribution is 5.96. The van der Waals surface area contributed by atoms with Crippen LogP contribution in [0.15, 0.2) is 60.2 Å². The van der Waals surface area contributed by atoms with Crippen molar-refractivity contribution < 1.29 is 9.53 Å². The number of benzene rings is 2. The van der Waals surface area contributed by atoms with E-state index >= 15 is 0 Å². The van der Waals surface area contributed by atoms with Crippen LogP contribution in [0.5, 0.6) is 5.75 Å². The first-order valence-corrected chi connectivity index (χ1v) is 7.96. The molecule has 116 valence electrons. The summed E-state index contributed by atoms with van der Waals surface area (Å²) in [5.74, 6) is 0.994. The van der Waals surface area contributed by atoms with Crippen molar-refractivity contribution in [3.05, 3.63) is 71.3 Å². The Morgan fingerprint density at radius 3 is 2.52 bits per heavy atom. The molecule has 2 aromatic carbocycles. The zero-order valence-electron chi connectivity index (χ0n) is 13.3. The molecule has 0 aliphatic carbocycles. The minimum absolute atomic E-state index is 0.129. The van der Waals surface area contributed by atoms with Gasteiger partial charge < -0.3 is 9.64 Å². The SMILES string of the molecule is C[C@@H]1C2=C(c3ccccc3OC2)N(C)C(=O)[C@H]1c1ccccc1. The van der Waals surface area contributed by atoms with Crippen LogP contribution in [0.3, 0.4) is 0 Å². The number of rotatable bonds is 1. The molecule has 23 heavy (non-hydrogen) atoms. The van der Waals surface area contributed by atoms with Gasteiger partial charge in [-0.15, -0.1) is 0 Å². The van der Waals surface area contributed by atoms with E-state index in [2.05, 4.69) is 6.92 Å². The molecule has 4 rings (SSSR count). The number of fused-ring (bicyclic) bond motifs is 2. The molecular weight excluding hydrogens is 286 g/mol. The van der Waals surface area contributed by atoms with E-state index in [9.17, 15) is 4.79 Å². The molecule has 3 nitrogen and oxygen atoms in total. The van der Waals surface area contributed by atoms with E-state index in [-0.39, 0.29) is 17.7 Å². The lowest BCUT2D eigenvalue weighted by atomic mass is 9.76. The monoisotopic (exact) mass is 305 g/mol. The maximum Gasteiger partial charge on any atom is 0.234 e. The molecule has 0 spiro atoms. The number of hydrogen-bond donors (Lipinski definition) is 0. The van der Waals surface area contributed by atoms with Gasteiger partial charge in [0.2, 0.25) is 5.91 Å². The predicted octanol–water partition coefficient (Wildman–Crippen LogP) is 3.68. The summed E-state index contributed by atoms with van der Waals surface area (Å²) < 4.78 is 5.94. The zero-order chi connectivity index (χ0) is 16.0. The zero-order valence-corrected chi connectivity index (χ0v) is 13.3. The van der Waals surface area contributed by atoms with Crippen molar-refractivity contribution in [2.45, 2.75) is 12.8 Å². The third-order valence-electron chi connectivity index (χ3n) is 4.97. The maximum absolute atomic E-state index is 13.1. The molecule has 0 saturated carbocycles. The van der Waals surface area contributed by atoms with E-state index in [0.717, 1.165) is 22.6 Å². The van der Waals surface area contributed by atoms with Crippen LogP contribution in [0.1, 0.15) is 24.0 Å². The summed E-state index contributed by atoms with van der Waals surface area (Å²) in [7, 11) is 1.88. The minimum atomic E-state index is -0.145. The highest BCUT2D eigenvalue weighted by Crippen LogP contribution is 2.45. The van der Waals surface area contributed by atoms with Gasteiger partial charge in [0.15, 0.2) is 0 Å². The largest absolute Gasteiger partial charge is 0.488 e. The molecule has 0 unspecified atom stereocenters. The number of likely N-dealkylation sites (N-methyl/N-ethyl adjacent to an activating group) is 1. The van der Waals surface area contributed by atoms with Gasteiger partial charge in [-0.05, 0) is 29.2 Å². The predicted molar refractivity (Wildman–Crippen MR) is 90.0 cm³/mol. The fourth-order valence-electron chi connectivity index (χ4n) is 3.75. The molecular formula is C20H19NO2. The molecule has 2 atom stereocenters. The lowest BCUT2D eigenvalue weighted by molar-refractivity contribution is -0.130. The quantitative estimate of drug-likeness (QED) is 0.804. The van der Waals surface area contributed by atoms with E-state index in [1.54, 1.807) is 0 Å². The van der Waals surface area contributed by atoms with Crippen molar-refractivity contribution in [3.63, 3.8) is 0 Å². The number of carbonyl (C=O) groups is 1. The van der Waals surface area contributed by atoms with E-state index in [1.807, 2.05) is 66.5 Å². The van der Waals surface area contributed by atoms with Crippen LogP contribution >= 0.6 is 0 Å². The molecule has 3 heteroatoms. The fraction of sp³-hybridized carbons (Fsp3) is 0.250. The normalized spacial score (nSPS) is 23.2. The lowest BCUT2D eigenvalue weighted by Gasteiger charge is -2.41. The fourth-order valence-corrected chi connectivity index (χ4v) is 3.75.